The molecule has 0 radical (unpaired) electrons. The Kier molecular flexibility index (Phi) is 4.93. The summed E-state index contributed by atoms with van der Waals surface area (Å²) in [6.45, 7) is 0. The first-order chi connectivity index (χ1) is 13.2. The van der Waals surface area contributed by atoms with Gasteiger partial charge in [-0.15, -0.1) is 11.3 Å². The van der Waals surface area contributed by atoms with Crippen molar-refractivity contribution in [3.8, 4) is 10.6 Å². The van der Waals surface area contributed by atoms with Crippen molar-refractivity contribution in [3.05, 3.63) is 65.4 Å². The molecule has 4 rings (SSSR count). The maximum absolute atomic E-state index is 12.3. The van der Waals surface area contributed by atoms with Crippen LogP contribution in [0.3, 0.4) is 0 Å². The first-order valence-electron chi connectivity index (χ1n) is 8.73. The molecule has 0 unspecified atom stereocenters. The molecule has 2 N–H and O–H groups in total. The summed E-state index contributed by atoms with van der Waals surface area (Å²) in [6.07, 6.45) is 5.72. The molecule has 2 amide bonds. The van der Waals surface area contributed by atoms with Crippen LogP contribution in [0.15, 0.2) is 54.2 Å². The lowest BCUT2D eigenvalue weighted by atomic mass is 10.2. The highest BCUT2D eigenvalue weighted by molar-refractivity contribution is 7.13. The molecule has 0 atom stereocenters. The van der Waals surface area contributed by atoms with Gasteiger partial charge in [-0.1, -0.05) is 6.07 Å². The highest BCUT2D eigenvalue weighted by Crippen LogP contribution is 2.23. The lowest BCUT2D eigenvalue weighted by Crippen LogP contribution is -2.25. The fourth-order valence-electron chi connectivity index (χ4n) is 2.61. The Bertz CT molecular complexity index is 967. The average Bonchev–Trinajstić information content (AvgIpc) is 3.37. The lowest BCUT2D eigenvalue weighted by Gasteiger charge is -2.07. The summed E-state index contributed by atoms with van der Waals surface area (Å²) in [5, 5.41) is 8.49. The van der Waals surface area contributed by atoms with E-state index in [4.69, 9.17) is 0 Å². The molecule has 0 aliphatic heterocycles. The highest BCUT2D eigenvalue weighted by Gasteiger charge is 2.23. The van der Waals surface area contributed by atoms with Crippen LogP contribution in [-0.4, -0.2) is 27.8 Å². The van der Waals surface area contributed by atoms with E-state index >= 15 is 0 Å². The summed E-state index contributed by atoms with van der Waals surface area (Å²) in [6, 6.07) is 11.1. The zero-order chi connectivity index (χ0) is 18.6. The number of pyridine rings is 1. The Labute approximate surface area is 160 Å². The van der Waals surface area contributed by atoms with Crippen molar-refractivity contribution in [1.82, 2.24) is 15.3 Å². The number of anilines is 1. The zero-order valence-corrected chi connectivity index (χ0v) is 15.3. The number of carbonyl (C=O) groups is 2. The number of aromatic nitrogens is 2. The normalized spacial score (nSPS) is 13.2. The number of hydrogen-bond donors (Lipinski definition) is 2. The Morgan fingerprint density at radius 1 is 1.19 bits per heavy atom. The monoisotopic (exact) mass is 378 g/mol. The van der Waals surface area contributed by atoms with E-state index in [0.717, 1.165) is 23.4 Å². The number of thiazole rings is 1. The van der Waals surface area contributed by atoms with E-state index < -0.39 is 0 Å². The summed E-state index contributed by atoms with van der Waals surface area (Å²) in [5.74, 6) is -0.271. The molecule has 1 aromatic carbocycles. The minimum Gasteiger partial charge on any atom is -0.349 e. The second-order valence-electron chi connectivity index (χ2n) is 6.44. The van der Waals surface area contributed by atoms with E-state index in [0.29, 0.717) is 23.0 Å². The van der Waals surface area contributed by atoms with Crippen LogP contribution in [0.25, 0.3) is 10.6 Å². The predicted octanol–water partition coefficient (Wildman–Crippen LogP) is 3.28. The molecule has 3 aromatic rings. The number of amides is 2. The largest absolute Gasteiger partial charge is 0.349 e. The summed E-state index contributed by atoms with van der Waals surface area (Å²) in [7, 11) is 0. The molecule has 136 valence electrons. The third kappa shape index (κ3) is 4.57. The van der Waals surface area contributed by atoms with E-state index in [-0.39, 0.29) is 18.2 Å². The molecule has 1 aliphatic carbocycles. The van der Waals surface area contributed by atoms with Crippen LogP contribution in [0.5, 0.6) is 0 Å². The first kappa shape index (κ1) is 17.4. The quantitative estimate of drug-likeness (QED) is 0.689. The van der Waals surface area contributed by atoms with Gasteiger partial charge in [0.25, 0.3) is 5.91 Å². The van der Waals surface area contributed by atoms with Gasteiger partial charge in [0.1, 0.15) is 5.01 Å². The molecule has 6 nitrogen and oxygen atoms in total. The number of benzene rings is 1. The van der Waals surface area contributed by atoms with Gasteiger partial charge >= 0.3 is 0 Å². The second-order valence-corrected chi connectivity index (χ2v) is 7.30. The molecule has 27 heavy (non-hydrogen) atoms. The van der Waals surface area contributed by atoms with Crippen LogP contribution < -0.4 is 10.6 Å². The fourth-order valence-corrected chi connectivity index (χ4v) is 3.42. The van der Waals surface area contributed by atoms with Crippen LogP contribution >= 0.6 is 11.3 Å². The van der Waals surface area contributed by atoms with Gasteiger partial charge in [-0.25, -0.2) is 4.98 Å². The van der Waals surface area contributed by atoms with Gasteiger partial charge in [0.05, 0.1) is 12.1 Å². The average molecular weight is 378 g/mol. The van der Waals surface area contributed by atoms with Crippen LogP contribution in [0.2, 0.25) is 0 Å². The Morgan fingerprint density at radius 3 is 2.85 bits per heavy atom. The molecule has 0 bridgehead atoms. The van der Waals surface area contributed by atoms with Crippen molar-refractivity contribution in [3.63, 3.8) is 0 Å². The number of rotatable bonds is 6. The number of nitrogens with one attached hydrogen (secondary N) is 2. The van der Waals surface area contributed by atoms with Crippen LogP contribution in [0, 0.1) is 0 Å². The van der Waals surface area contributed by atoms with E-state index in [1.54, 1.807) is 36.7 Å². The molecule has 2 aromatic heterocycles. The molecule has 1 saturated carbocycles. The van der Waals surface area contributed by atoms with Crippen LogP contribution in [-0.2, 0) is 11.2 Å². The Morgan fingerprint density at radius 2 is 2.07 bits per heavy atom. The van der Waals surface area contributed by atoms with Gasteiger partial charge in [-0.05, 0) is 43.2 Å². The summed E-state index contributed by atoms with van der Waals surface area (Å²) < 4.78 is 0. The number of carbonyl (C=O) groups excluding carboxylic acids is 2. The highest BCUT2D eigenvalue weighted by atomic mass is 32.1. The maximum atomic E-state index is 12.3. The van der Waals surface area contributed by atoms with Crippen LogP contribution in [0.4, 0.5) is 5.69 Å². The third-order valence-corrected chi connectivity index (χ3v) is 5.06. The minimum absolute atomic E-state index is 0.103. The Hall–Kier alpha value is -3.06. The predicted molar refractivity (Wildman–Crippen MR) is 105 cm³/mol. The van der Waals surface area contributed by atoms with Gasteiger partial charge in [-0.2, -0.15) is 0 Å². The third-order valence-electron chi connectivity index (χ3n) is 4.12. The molecular weight excluding hydrogens is 360 g/mol. The zero-order valence-electron chi connectivity index (χ0n) is 14.5. The van der Waals surface area contributed by atoms with E-state index in [2.05, 4.69) is 20.6 Å². The lowest BCUT2D eigenvalue weighted by molar-refractivity contribution is -0.115. The molecule has 1 fully saturated rings. The summed E-state index contributed by atoms with van der Waals surface area (Å²) in [5.41, 5.74) is 2.79. The molecular formula is C20H18N4O2S. The Balaban J connectivity index is 1.38. The molecule has 0 saturated heterocycles. The van der Waals surface area contributed by atoms with Gasteiger partial charge in [0.15, 0.2) is 0 Å². The van der Waals surface area contributed by atoms with E-state index in [1.165, 1.54) is 11.3 Å². The van der Waals surface area contributed by atoms with E-state index in [9.17, 15) is 9.59 Å². The standard InChI is InChI=1S/C20H18N4O2S/c25-18(10-17-12-27-20(24-17)14-4-2-8-21-11-14)22-16-5-1-3-13(9-16)19(26)23-15-6-7-15/h1-5,8-9,11-12,15H,6-7,10H2,(H,22,25)(H,23,26). The van der Waals surface area contributed by atoms with Crippen molar-refractivity contribution in [2.24, 2.45) is 0 Å². The molecule has 2 heterocycles. The minimum atomic E-state index is -0.169. The number of hydrogen-bond acceptors (Lipinski definition) is 5. The first-order valence-corrected chi connectivity index (χ1v) is 9.61. The molecule has 7 heteroatoms. The van der Waals surface area contributed by atoms with Crippen molar-refractivity contribution < 1.29 is 9.59 Å². The SMILES string of the molecule is O=C(Cc1csc(-c2cccnc2)n1)Nc1cccc(C(=O)NC2CC2)c1. The van der Waals surface area contributed by atoms with Gasteiger partial charge < -0.3 is 10.6 Å². The van der Waals surface area contributed by atoms with Crippen molar-refractivity contribution >= 4 is 28.8 Å². The topological polar surface area (TPSA) is 84.0 Å². The van der Waals surface area contributed by atoms with Gasteiger partial charge in [0.2, 0.25) is 5.91 Å². The van der Waals surface area contributed by atoms with Crippen molar-refractivity contribution in [2.75, 3.05) is 5.32 Å². The smallest absolute Gasteiger partial charge is 0.251 e. The molecule has 0 spiro atoms. The van der Waals surface area contributed by atoms with Gasteiger partial charge in [0, 0.05) is 40.6 Å². The van der Waals surface area contributed by atoms with Crippen molar-refractivity contribution in [1.29, 1.82) is 0 Å². The van der Waals surface area contributed by atoms with Crippen molar-refractivity contribution in [2.45, 2.75) is 25.3 Å². The van der Waals surface area contributed by atoms with E-state index in [1.807, 2.05) is 17.5 Å². The second kappa shape index (κ2) is 7.67. The van der Waals surface area contributed by atoms with Crippen LogP contribution in [0.1, 0.15) is 28.9 Å². The summed E-state index contributed by atoms with van der Waals surface area (Å²) >= 11 is 1.48. The molecule has 1 aliphatic rings. The fraction of sp³-hybridized carbons (Fsp3) is 0.200. The maximum Gasteiger partial charge on any atom is 0.251 e. The van der Waals surface area contributed by atoms with Gasteiger partial charge in [-0.3, -0.25) is 14.6 Å². The summed E-state index contributed by atoms with van der Waals surface area (Å²) in [4.78, 5) is 33.0. The number of nitrogens with zero attached hydrogens (tertiary/aromatic N) is 2.